The Morgan fingerprint density at radius 3 is 2.45 bits per heavy atom. The highest BCUT2D eigenvalue weighted by Crippen LogP contribution is 2.19. The van der Waals surface area contributed by atoms with Crippen LogP contribution in [0, 0.1) is 12.8 Å². The summed E-state index contributed by atoms with van der Waals surface area (Å²) in [5, 5.41) is 9.12. The molecule has 0 aliphatic rings. The SMILES string of the molecule is Cc1ccc(N(CC(C)C(=O)O)C(=O)c2cccnc2)cc1. The molecule has 0 aliphatic heterocycles. The lowest BCUT2D eigenvalue weighted by atomic mass is 10.1. The second-order valence-electron chi connectivity index (χ2n) is 5.23. The molecular weight excluding hydrogens is 280 g/mol. The van der Waals surface area contributed by atoms with Gasteiger partial charge in [-0.05, 0) is 31.2 Å². The van der Waals surface area contributed by atoms with Gasteiger partial charge in [0.15, 0.2) is 0 Å². The minimum atomic E-state index is -0.934. The zero-order valence-electron chi connectivity index (χ0n) is 12.6. The zero-order chi connectivity index (χ0) is 16.1. The van der Waals surface area contributed by atoms with Crippen molar-refractivity contribution in [3.05, 3.63) is 59.9 Å². The minimum Gasteiger partial charge on any atom is -0.481 e. The Morgan fingerprint density at radius 1 is 1.23 bits per heavy atom. The molecule has 0 aliphatic carbocycles. The molecular formula is C17H18N2O3. The molecule has 1 atom stereocenters. The van der Waals surface area contributed by atoms with Gasteiger partial charge < -0.3 is 10.0 Å². The second kappa shape index (κ2) is 6.85. The summed E-state index contributed by atoms with van der Waals surface area (Å²) in [5.41, 5.74) is 2.18. The van der Waals surface area contributed by atoms with Crippen LogP contribution < -0.4 is 4.90 Å². The van der Waals surface area contributed by atoms with Crippen molar-refractivity contribution in [2.45, 2.75) is 13.8 Å². The topological polar surface area (TPSA) is 70.5 Å². The van der Waals surface area contributed by atoms with E-state index in [1.54, 1.807) is 25.3 Å². The first-order valence-electron chi connectivity index (χ1n) is 7.00. The molecule has 2 aromatic rings. The van der Waals surface area contributed by atoms with Crippen molar-refractivity contribution in [1.29, 1.82) is 0 Å². The van der Waals surface area contributed by atoms with Crippen molar-refractivity contribution in [3.8, 4) is 0 Å². The van der Waals surface area contributed by atoms with Gasteiger partial charge in [-0.25, -0.2) is 0 Å². The van der Waals surface area contributed by atoms with Gasteiger partial charge in [0.2, 0.25) is 0 Å². The maximum Gasteiger partial charge on any atom is 0.308 e. The number of nitrogens with zero attached hydrogens (tertiary/aromatic N) is 2. The van der Waals surface area contributed by atoms with Gasteiger partial charge >= 0.3 is 5.97 Å². The van der Waals surface area contributed by atoms with E-state index >= 15 is 0 Å². The summed E-state index contributed by atoms with van der Waals surface area (Å²) in [5.74, 6) is -1.86. The monoisotopic (exact) mass is 298 g/mol. The van der Waals surface area contributed by atoms with Gasteiger partial charge in [0, 0.05) is 24.6 Å². The van der Waals surface area contributed by atoms with Crippen molar-refractivity contribution in [1.82, 2.24) is 4.98 Å². The molecule has 22 heavy (non-hydrogen) atoms. The molecule has 0 radical (unpaired) electrons. The number of carboxylic acid groups (broad SMARTS) is 1. The molecule has 0 saturated carbocycles. The average Bonchev–Trinajstić information content (AvgIpc) is 2.53. The predicted octanol–water partition coefficient (Wildman–Crippen LogP) is 2.76. The molecule has 0 bridgehead atoms. The molecule has 0 fully saturated rings. The van der Waals surface area contributed by atoms with Gasteiger partial charge in [-0.15, -0.1) is 0 Å². The Bertz CT molecular complexity index is 653. The fraction of sp³-hybridized carbons (Fsp3) is 0.235. The Morgan fingerprint density at radius 2 is 1.91 bits per heavy atom. The maximum atomic E-state index is 12.7. The lowest BCUT2D eigenvalue weighted by Gasteiger charge is -2.25. The van der Waals surface area contributed by atoms with E-state index in [1.165, 1.54) is 11.1 Å². The van der Waals surface area contributed by atoms with E-state index in [2.05, 4.69) is 4.98 Å². The summed E-state index contributed by atoms with van der Waals surface area (Å²) in [6.45, 7) is 3.64. The number of aliphatic carboxylic acids is 1. The van der Waals surface area contributed by atoms with Crippen LogP contribution in [0.3, 0.4) is 0 Å². The van der Waals surface area contributed by atoms with E-state index in [0.717, 1.165) is 5.56 Å². The number of hydrogen-bond donors (Lipinski definition) is 1. The van der Waals surface area contributed by atoms with Crippen molar-refractivity contribution < 1.29 is 14.7 Å². The molecule has 114 valence electrons. The van der Waals surface area contributed by atoms with Crippen molar-refractivity contribution in [2.24, 2.45) is 5.92 Å². The van der Waals surface area contributed by atoms with Crippen LogP contribution >= 0.6 is 0 Å². The number of hydrogen-bond acceptors (Lipinski definition) is 3. The molecule has 2 rings (SSSR count). The third kappa shape index (κ3) is 3.69. The van der Waals surface area contributed by atoms with E-state index in [0.29, 0.717) is 11.3 Å². The predicted molar refractivity (Wildman–Crippen MR) is 83.9 cm³/mol. The van der Waals surface area contributed by atoms with Gasteiger partial charge in [-0.3, -0.25) is 14.6 Å². The Labute approximate surface area is 129 Å². The summed E-state index contributed by atoms with van der Waals surface area (Å²) < 4.78 is 0. The highest BCUT2D eigenvalue weighted by atomic mass is 16.4. The average molecular weight is 298 g/mol. The molecule has 1 unspecified atom stereocenters. The number of pyridine rings is 1. The summed E-state index contributed by atoms with van der Waals surface area (Å²) in [6.07, 6.45) is 3.07. The number of carbonyl (C=O) groups is 2. The fourth-order valence-corrected chi connectivity index (χ4v) is 2.03. The third-order valence-electron chi connectivity index (χ3n) is 3.38. The van der Waals surface area contributed by atoms with Gasteiger partial charge in [-0.1, -0.05) is 24.6 Å². The van der Waals surface area contributed by atoms with Gasteiger partial charge in [-0.2, -0.15) is 0 Å². The van der Waals surface area contributed by atoms with E-state index in [9.17, 15) is 9.59 Å². The summed E-state index contributed by atoms with van der Waals surface area (Å²) in [6, 6.07) is 10.8. The maximum absolute atomic E-state index is 12.7. The normalized spacial score (nSPS) is 11.7. The van der Waals surface area contributed by atoms with Gasteiger partial charge in [0.1, 0.15) is 0 Å². The molecule has 5 heteroatoms. The molecule has 1 amide bonds. The number of carboxylic acids is 1. The number of amides is 1. The van der Waals surface area contributed by atoms with Crippen LogP contribution in [-0.4, -0.2) is 28.5 Å². The summed E-state index contributed by atoms with van der Waals surface area (Å²) in [4.78, 5) is 29.2. The number of aryl methyl sites for hydroxylation is 1. The number of carbonyl (C=O) groups excluding carboxylic acids is 1. The van der Waals surface area contributed by atoms with Crippen LogP contribution in [0.25, 0.3) is 0 Å². The molecule has 1 aromatic heterocycles. The third-order valence-corrected chi connectivity index (χ3v) is 3.38. The lowest BCUT2D eigenvalue weighted by Crippen LogP contribution is -2.37. The van der Waals surface area contributed by atoms with Crippen LogP contribution in [0.4, 0.5) is 5.69 Å². The highest BCUT2D eigenvalue weighted by Gasteiger charge is 2.23. The smallest absolute Gasteiger partial charge is 0.308 e. The Balaban J connectivity index is 2.34. The number of aromatic nitrogens is 1. The molecule has 1 heterocycles. The van der Waals surface area contributed by atoms with Gasteiger partial charge in [0.25, 0.3) is 5.91 Å². The van der Waals surface area contributed by atoms with E-state index < -0.39 is 11.9 Å². The number of benzene rings is 1. The van der Waals surface area contributed by atoms with E-state index in [-0.39, 0.29) is 12.5 Å². The Kier molecular flexibility index (Phi) is 4.88. The highest BCUT2D eigenvalue weighted by molar-refractivity contribution is 6.06. The first-order chi connectivity index (χ1) is 10.5. The summed E-state index contributed by atoms with van der Waals surface area (Å²) >= 11 is 0. The quantitative estimate of drug-likeness (QED) is 0.921. The first-order valence-corrected chi connectivity index (χ1v) is 7.00. The van der Waals surface area contributed by atoms with Crippen molar-refractivity contribution in [3.63, 3.8) is 0 Å². The molecule has 5 nitrogen and oxygen atoms in total. The van der Waals surface area contributed by atoms with E-state index in [1.807, 2.05) is 31.2 Å². The first kappa shape index (κ1) is 15.7. The second-order valence-corrected chi connectivity index (χ2v) is 5.23. The lowest BCUT2D eigenvalue weighted by molar-refractivity contribution is -0.140. The number of anilines is 1. The largest absolute Gasteiger partial charge is 0.481 e. The number of rotatable bonds is 5. The Hall–Kier alpha value is -2.69. The molecule has 0 spiro atoms. The summed E-state index contributed by atoms with van der Waals surface area (Å²) in [7, 11) is 0. The molecule has 0 saturated heterocycles. The van der Waals surface area contributed by atoms with Crippen LogP contribution in [0.2, 0.25) is 0 Å². The standard InChI is InChI=1S/C17H18N2O3/c1-12-5-7-15(8-6-12)19(11-13(2)17(21)22)16(20)14-4-3-9-18-10-14/h3-10,13H,11H2,1-2H3,(H,21,22). The van der Waals surface area contributed by atoms with Crippen molar-refractivity contribution >= 4 is 17.6 Å². The fourth-order valence-electron chi connectivity index (χ4n) is 2.03. The molecule has 1 N–H and O–H groups in total. The minimum absolute atomic E-state index is 0.103. The van der Waals surface area contributed by atoms with Gasteiger partial charge in [0.05, 0.1) is 11.5 Å². The van der Waals surface area contributed by atoms with Crippen molar-refractivity contribution in [2.75, 3.05) is 11.4 Å². The molecule has 1 aromatic carbocycles. The van der Waals surface area contributed by atoms with Crippen LogP contribution in [0.5, 0.6) is 0 Å². The van der Waals surface area contributed by atoms with Crippen LogP contribution in [0.1, 0.15) is 22.8 Å². The van der Waals surface area contributed by atoms with E-state index in [4.69, 9.17) is 5.11 Å². The van der Waals surface area contributed by atoms with Crippen LogP contribution in [0.15, 0.2) is 48.8 Å². The van der Waals surface area contributed by atoms with Crippen LogP contribution in [-0.2, 0) is 4.79 Å². The zero-order valence-corrected chi connectivity index (χ0v) is 12.6.